The van der Waals surface area contributed by atoms with Crippen molar-refractivity contribution in [2.45, 2.75) is 64.9 Å². The highest BCUT2D eigenvalue weighted by Gasteiger charge is 2.29. The molecule has 0 amide bonds. The Bertz CT molecular complexity index is 817. The lowest BCUT2D eigenvalue weighted by Crippen LogP contribution is -2.17. The maximum atomic E-state index is 12.6. The summed E-state index contributed by atoms with van der Waals surface area (Å²) in [5.41, 5.74) is 2.07. The standard InChI is InChI=1S/C25H30F3NO/c1-3-5-6-22(4-2)24(30)16-13-19-7-9-20(10-8-19)17-29-18-21-11-14-23(15-12-21)25(26,27)28/h7-12,14-15,22,24,29-30H,3-6,17-18H2,1-2H3. The minimum absolute atomic E-state index is 0.214. The molecule has 0 aromatic heterocycles. The Morgan fingerprint density at radius 2 is 1.50 bits per heavy atom. The molecule has 0 aliphatic heterocycles. The van der Waals surface area contributed by atoms with Gasteiger partial charge in [0.1, 0.15) is 6.10 Å². The Morgan fingerprint density at radius 1 is 0.933 bits per heavy atom. The lowest BCUT2D eigenvalue weighted by atomic mass is 9.93. The van der Waals surface area contributed by atoms with E-state index in [-0.39, 0.29) is 5.92 Å². The molecule has 2 rings (SSSR count). The molecule has 0 heterocycles. The van der Waals surface area contributed by atoms with Gasteiger partial charge in [0.2, 0.25) is 0 Å². The molecule has 0 radical (unpaired) electrons. The molecule has 2 aromatic carbocycles. The van der Waals surface area contributed by atoms with E-state index >= 15 is 0 Å². The van der Waals surface area contributed by atoms with Crippen molar-refractivity contribution in [3.05, 3.63) is 70.8 Å². The highest BCUT2D eigenvalue weighted by Crippen LogP contribution is 2.29. The van der Waals surface area contributed by atoms with Crippen LogP contribution < -0.4 is 5.32 Å². The summed E-state index contributed by atoms with van der Waals surface area (Å²) in [4.78, 5) is 0. The third-order valence-corrected chi connectivity index (χ3v) is 5.16. The molecule has 2 unspecified atom stereocenters. The zero-order valence-corrected chi connectivity index (χ0v) is 17.6. The summed E-state index contributed by atoms with van der Waals surface area (Å²) < 4.78 is 37.8. The van der Waals surface area contributed by atoms with Gasteiger partial charge < -0.3 is 10.4 Å². The molecule has 0 fully saturated rings. The number of hydrogen-bond acceptors (Lipinski definition) is 2. The monoisotopic (exact) mass is 417 g/mol. The average Bonchev–Trinajstić information content (AvgIpc) is 2.73. The second-order valence-corrected chi connectivity index (χ2v) is 7.52. The molecular weight excluding hydrogens is 387 g/mol. The maximum Gasteiger partial charge on any atom is 0.416 e. The minimum Gasteiger partial charge on any atom is -0.380 e. The molecule has 0 saturated heterocycles. The lowest BCUT2D eigenvalue weighted by Gasteiger charge is -2.16. The molecule has 30 heavy (non-hydrogen) atoms. The normalized spacial score (nSPS) is 13.4. The van der Waals surface area contributed by atoms with Crippen LogP contribution in [-0.4, -0.2) is 11.2 Å². The van der Waals surface area contributed by atoms with Crippen LogP contribution in [0.1, 0.15) is 61.8 Å². The van der Waals surface area contributed by atoms with E-state index in [9.17, 15) is 18.3 Å². The van der Waals surface area contributed by atoms with E-state index in [2.05, 4.69) is 31.0 Å². The third-order valence-electron chi connectivity index (χ3n) is 5.16. The molecule has 2 N–H and O–H groups in total. The van der Waals surface area contributed by atoms with Gasteiger partial charge in [-0.2, -0.15) is 13.2 Å². The fourth-order valence-electron chi connectivity index (χ4n) is 3.20. The van der Waals surface area contributed by atoms with Crippen LogP contribution in [0, 0.1) is 17.8 Å². The molecule has 5 heteroatoms. The number of unbranched alkanes of at least 4 members (excludes halogenated alkanes) is 1. The van der Waals surface area contributed by atoms with Gasteiger partial charge in [-0.15, -0.1) is 0 Å². The number of aliphatic hydroxyl groups is 1. The molecular formula is C25H30F3NO. The molecule has 2 nitrogen and oxygen atoms in total. The van der Waals surface area contributed by atoms with Crippen LogP contribution in [0.2, 0.25) is 0 Å². The van der Waals surface area contributed by atoms with Gasteiger partial charge in [0, 0.05) is 18.7 Å². The largest absolute Gasteiger partial charge is 0.416 e. The number of benzene rings is 2. The molecule has 0 bridgehead atoms. The van der Waals surface area contributed by atoms with E-state index in [1.807, 2.05) is 24.3 Å². The molecule has 0 aliphatic rings. The molecule has 162 valence electrons. The summed E-state index contributed by atoms with van der Waals surface area (Å²) in [6.07, 6.45) is -0.784. The number of halogens is 3. The van der Waals surface area contributed by atoms with Gasteiger partial charge in [-0.05, 0) is 54.2 Å². The van der Waals surface area contributed by atoms with Crippen LogP contribution >= 0.6 is 0 Å². The summed E-state index contributed by atoms with van der Waals surface area (Å²) in [7, 11) is 0. The van der Waals surface area contributed by atoms with Crippen molar-refractivity contribution < 1.29 is 18.3 Å². The van der Waals surface area contributed by atoms with Crippen molar-refractivity contribution in [3.8, 4) is 11.8 Å². The first-order chi connectivity index (χ1) is 14.3. The molecule has 0 saturated carbocycles. The van der Waals surface area contributed by atoms with E-state index < -0.39 is 17.8 Å². The first-order valence-corrected chi connectivity index (χ1v) is 10.5. The van der Waals surface area contributed by atoms with Crippen molar-refractivity contribution in [2.75, 3.05) is 0 Å². The quantitative estimate of drug-likeness (QED) is 0.496. The highest BCUT2D eigenvalue weighted by atomic mass is 19.4. The number of nitrogens with one attached hydrogen (secondary N) is 1. The highest BCUT2D eigenvalue weighted by molar-refractivity contribution is 5.37. The van der Waals surface area contributed by atoms with Crippen LogP contribution in [0.3, 0.4) is 0 Å². The third kappa shape index (κ3) is 7.85. The van der Waals surface area contributed by atoms with Gasteiger partial charge in [0.15, 0.2) is 0 Å². The topological polar surface area (TPSA) is 32.3 Å². The molecule has 0 aliphatic carbocycles. The van der Waals surface area contributed by atoms with E-state index in [4.69, 9.17) is 0 Å². The number of hydrogen-bond donors (Lipinski definition) is 2. The molecule has 2 aromatic rings. The molecule has 2 atom stereocenters. The second kappa shape index (κ2) is 11.8. The van der Waals surface area contributed by atoms with Gasteiger partial charge in [0.25, 0.3) is 0 Å². The van der Waals surface area contributed by atoms with Crippen LogP contribution in [0.25, 0.3) is 0 Å². The first-order valence-electron chi connectivity index (χ1n) is 10.5. The van der Waals surface area contributed by atoms with E-state index in [0.29, 0.717) is 13.1 Å². The van der Waals surface area contributed by atoms with Crippen LogP contribution in [0.15, 0.2) is 48.5 Å². The van der Waals surface area contributed by atoms with Crippen molar-refractivity contribution in [1.29, 1.82) is 0 Å². The fourth-order valence-corrected chi connectivity index (χ4v) is 3.20. The summed E-state index contributed by atoms with van der Waals surface area (Å²) in [6.45, 7) is 5.32. The fraction of sp³-hybridized carbons (Fsp3) is 0.440. The maximum absolute atomic E-state index is 12.6. The van der Waals surface area contributed by atoms with Crippen molar-refractivity contribution >= 4 is 0 Å². The summed E-state index contributed by atoms with van der Waals surface area (Å²) in [5, 5.41) is 13.5. The van der Waals surface area contributed by atoms with Crippen LogP contribution in [-0.2, 0) is 19.3 Å². The number of rotatable bonds is 9. The Kier molecular flexibility index (Phi) is 9.42. The van der Waals surface area contributed by atoms with Gasteiger partial charge in [0.05, 0.1) is 5.56 Å². The Morgan fingerprint density at radius 3 is 2.00 bits per heavy atom. The minimum atomic E-state index is -4.31. The van der Waals surface area contributed by atoms with Crippen LogP contribution in [0.4, 0.5) is 13.2 Å². The van der Waals surface area contributed by atoms with Gasteiger partial charge in [-0.3, -0.25) is 0 Å². The van der Waals surface area contributed by atoms with Gasteiger partial charge >= 0.3 is 6.18 Å². The Balaban J connectivity index is 1.83. The number of alkyl halides is 3. The zero-order chi connectivity index (χ0) is 22.0. The zero-order valence-electron chi connectivity index (χ0n) is 17.6. The Labute approximate surface area is 177 Å². The SMILES string of the molecule is CCCCC(CC)C(O)C#Cc1ccc(CNCc2ccc(C(F)(F)F)cc2)cc1. The van der Waals surface area contributed by atoms with E-state index in [0.717, 1.165) is 54.5 Å². The van der Waals surface area contributed by atoms with Gasteiger partial charge in [-0.25, -0.2) is 0 Å². The predicted molar refractivity (Wildman–Crippen MR) is 115 cm³/mol. The van der Waals surface area contributed by atoms with Crippen molar-refractivity contribution in [1.82, 2.24) is 5.32 Å². The van der Waals surface area contributed by atoms with Crippen LogP contribution in [0.5, 0.6) is 0 Å². The van der Waals surface area contributed by atoms with Crippen molar-refractivity contribution in [2.24, 2.45) is 5.92 Å². The second-order valence-electron chi connectivity index (χ2n) is 7.52. The van der Waals surface area contributed by atoms with E-state index in [1.165, 1.54) is 12.1 Å². The smallest absolute Gasteiger partial charge is 0.380 e. The van der Waals surface area contributed by atoms with E-state index in [1.54, 1.807) is 0 Å². The summed E-state index contributed by atoms with van der Waals surface area (Å²) >= 11 is 0. The predicted octanol–water partition coefficient (Wildman–Crippen LogP) is 5.92. The van der Waals surface area contributed by atoms with Crippen molar-refractivity contribution in [3.63, 3.8) is 0 Å². The summed E-state index contributed by atoms with van der Waals surface area (Å²) in [5.74, 6) is 6.23. The van der Waals surface area contributed by atoms with Gasteiger partial charge in [-0.1, -0.05) is 62.8 Å². The molecule has 0 spiro atoms. The first kappa shape index (κ1) is 24.0. The summed E-state index contributed by atoms with van der Waals surface area (Å²) in [6, 6.07) is 12.9. The average molecular weight is 418 g/mol. The number of aliphatic hydroxyl groups excluding tert-OH is 1. The Hall–Kier alpha value is -2.29. The lowest BCUT2D eigenvalue weighted by molar-refractivity contribution is -0.137.